The quantitative estimate of drug-likeness (QED) is 0.157. The molecule has 34 heavy (non-hydrogen) atoms. The summed E-state index contributed by atoms with van der Waals surface area (Å²) in [5.41, 5.74) is 5.67. The van der Waals surface area contributed by atoms with Gasteiger partial charge in [0.2, 0.25) is 5.28 Å². The fourth-order valence-corrected chi connectivity index (χ4v) is 6.59. The predicted molar refractivity (Wildman–Crippen MR) is 104 cm³/mol. The lowest BCUT2D eigenvalue weighted by Gasteiger charge is -2.24. The first-order chi connectivity index (χ1) is 15.4. The summed E-state index contributed by atoms with van der Waals surface area (Å²) in [5.74, 6) is -0.124. The normalized spacial score (nSPS) is 27.6. The molecule has 1 aliphatic heterocycles. The van der Waals surface area contributed by atoms with E-state index in [2.05, 4.69) is 23.8 Å². The fraction of sp³-hybridized carbons (Fsp3) is 0.545. The van der Waals surface area contributed by atoms with E-state index in [1.165, 1.54) is 0 Å². The van der Waals surface area contributed by atoms with E-state index >= 15 is 0 Å². The number of phosphoric acid groups is 1. The second-order valence-corrected chi connectivity index (χ2v) is 12.5. The Hall–Kier alpha value is -1.17. The smallest absolute Gasteiger partial charge is 0.387 e. The van der Waals surface area contributed by atoms with Crippen LogP contribution in [0.25, 0.3) is 11.2 Å². The zero-order valence-corrected chi connectivity index (χ0v) is 19.5. The van der Waals surface area contributed by atoms with Crippen molar-refractivity contribution in [3.8, 4) is 0 Å². The van der Waals surface area contributed by atoms with Gasteiger partial charge in [0, 0.05) is 0 Å². The van der Waals surface area contributed by atoms with Crippen LogP contribution in [-0.4, -0.2) is 79.6 Å². The average Bonchev–Trinajstić information content (AvgIpc) is 3.20. The van der Waals surface area contributed by atoms with E-state index in [1.54, 1.807) is 0 Å². The topological polar surface area (TPSA) is 270 Å². The molecule has 23 heteroatoms. The van der Waals surface area contributed by atoms with Crippen LogP contribution >= 0.6 is 34.6 Å². The summed E-state index contributed by atoms with van der Waals surface area (Å²) in [6, 6.07) is 0. The van der Waals surface area contributed by atoms with E-state index < -0.39 is 59.6 Å². The molecule has 2 aromatic heterocycles. The SMILES string of the molecule is Nc1nc(Cl)nc2c1ncn2[C@H]1O[C@@H](COP(=O)(O)OP(=O)(O)C(F)(F)P(=O)(O)O)[C@H](O)[C@@H]1O. The third-order valence-corrected chi connectivity index (χ3v) is 9.61. The predicted octanol–water partition coefficient (Wildman–Crippen LogP) is -0.272. The number of ether oxygens (including phenoxy) is 1. The molecule has 0 aliphatic carbocycles. The lowest BCUT2D eigenvalue weighted by molar-refractivity contribution is -0.0503. The summed E-state index contributed by atoms with van der Waals surface area (Å²) in [6.07, 6.45) is -5.61. The number of nitrogens with two attached hydrogens (primary N) is 1. The van der Waals surface area contributed by atoms with E-state index in [4.69, 9.17) is 36.8 Å². The van der Waals surface area contributed by atoms with Gasteiger partial charge in [-0.2, -0.15) is 18.7 Å². The minimum Gasteiger partial charge on any atom is -0.387 e. The molecule has 0 spiro atoms. The summed E-state index contributed by atoms with van der Waals surface area (Å²) in [7, 11) is -19.2. The molecule has 0 radical (unpaired) electrons. The fourth-order valence-electron chi connectivity index (χ4n) is 2.74. The van der Waals surface area contributed by atoms with Gasteiger partial charge in [-0.1, -0.05) is 0 Å². The highest BCUT2D eigenvalue weighted by molar-refractivity contribution is 7.75. The summed E-state index contributed by atoms with van der Waals surface area (Å²) in [6.45, 7) is -1.19. The number of anilines is 1. The maximum absolute atomic E-state index is 13.5. The number of hydrogen-bond donors (Lipinski definition) is 7. The first-order valence-corrected chi connectivity index (χ1v) is 13.6. The molecule has 0 amide bonds. The number of halogens is 3. The molecule has 1 fully saturated rings. The molecular formula is C11H15ClF2N5O12P3. The monoisotopic (exact) mass is 575 g/mol. The highest BCUT2D eigenvalue weighted by atomic mass is 35.5. The number of nitrogens with zero attached hydrogens (tertiary/aromatic N) is 4. The van der Waals surface area contributed by atoms with Crippen LogP contribution in [0.5, 0.6) is 0 Å². The van der Waals surface area contributed by atoms with Crippen LogP contribution in [0.1, 0.15) is 6.23 Å². The second kappa shape index (κ2) is 9.05. The highest BCUT2D eigenvalue weighted by Gasteiger charge is 2.67. The Bertz CT molecular complexity index is 1240. The zero-order valence-electron chi connectivity index (χ0n) is 16.1. The minimum atomic E-state index is -6.75. The van der Waals surface area contributed by atoms with Gasteiger partial charge in [-0.25, -0.2) is 13.9 Å². The Labute approximate surface area is 191 Å². The highest BCUT2D eigenvalue weighted by Crippen LogP contribution is 2.77. The van der Waals surface area contributed by atoms with E-state index in [-0.39, 0.29) is 22.3 Å². The van der Waals surface area contributed by atoms with Crippen molar-refractivity contribution in [3.05, 3.63) is 11.6 Å². The molecule has 2 unspecified atom stereocenters. The molecule has 192 valence electrons. The van der Waals surface area contributed by atoms with Gasteiger partial charge in [-0.15, -0.1) is 0 Å². The summed E-state index contributed by atoms with van der Waals surface area (Å²) >= 11 is 5.73. The number of rotatable bonds is 8. The Balaban J connectivity index is 1.75. The van der Waals surface area contributed by atoms with Gasteiger partial charge < -0.3 is 40.3 Å². The van der Waals surface area contributed by atoms with Crippen LogP contribution in [0.2, 0.25) is 5.28 Å². The van der Waals surface area contributed by atoms with Gasteiger partial charge in [0.15, 0.2) is 17.7 Å². The van der Waals surface area contributed by atoms with Gasteiger partial charge in [0.1, 0.15) is 23.8 Å². The van der Waals surface area contributed by atoms with Gasteiger partial charge >= 0.3 is 28.4 Å². The molecular weight excluding hydrogens is 561 g/mol. The third-order valence-electron chi connectivity index (χ3n) is 4.34. The number of hydrogen-bond acceptors (Lipinski definition) is 12. The van der Waals surface area contributed by atoms with Gasteiger partial charge in [0.05, 0.1) is 12.9 Å². The van der Waals surface area contributed by atoms with Crippen molar-refractivity contribution in [2.24, 2.45) is 0 Å². The Morgan fingerprint density at radius 2 is 1.79 bits per heavy atom. The van der Waals surface area contributed by atoms with E-state index in [9.17, 15) is 37.6 Å². The number of aliphatic hydroxyl groups is 2. The standard InChI is InChI=1S/C11H15ClF2N5O12P3/c12-10-17-7(15)4-8(18-10)19(2-16-4)9-6(21)5(20)3(30-9)1-29-34(27,28)31-33(25,26)11(13,14)32(22,23)24/h2-3,5-6,9,20-21H,1H2,(H,25,26)(H,27,28)(H2,15,17,18)(H2,22,23,24)/t3-,5-,6-,9-/m0/s1. The number of fused-ring (bicyclic) bond motifs is 1. The van der Waals surface area contributed by atoms with E-state index in [0.29, 0.717) is 0 Å². The number of nitrogen functional groups attached to an aromatic ring is 1. The van der Waals surface area contributed by atoms with Crippen LogP contribution in [0, 0.1) is 0 Å². The van der Waals surface area contributed by atoms with Gasteiger partial charge in [0.25, 0.3) is 0 Å². The van der Waals surface area contributed by atoms with Crippen LogP contribution < -0.4 is 5.73 Å². The first-order valence-electron chi connectivity index (χ1n) is 8.50. The second-order valence-electron chi connectivity index (χ2n) is 6.67. The van der Waals surface area contributed by atoms with Crippen molar-refractivity contribution in [2.75, 3.05) is 12.3 Å². The van der Waals surface area contributed by atoms with Crippen molar-refractivity contribution in [2.45, 2.75) is 29.9 Å². The molecule has 0 saturated carbocycles. The van der Waals surface area contributed by atoms with Gasteiger partial charge in [-0.3, -0.25) is 18.2 Å². The molecule has 6 atom stereocenters. The molecule has 17 nitrogen and oxygen atoms in total. The summed E-state index contributed by atoms with van der Waals surface area (Å²) < 4.78 is 75.1. The zero-order chi connectivity index (χ0) is 25.9. The Morgan fingerprint density at radius 3 is 2.38 bits per heavy atom. The number of imidazole rings is 1. The van der Waals surface area contributed by atoms with Crippen LogP contribution in [0.4, 0.5) is 14.6 Å². The number of alkyl halides is 2. The Morgan fingerprint density at radius 1 is 1.18 bits per heavy atom. The third kappa shape index (κ3) is 5.03. The molecule has 1 saturated heterocycles. The average molecular weight is 576 g/mol. The van der Waals surface area contributed by atoms with E-state index in [1.807, 2.05) is 0 Å². The summed E-state index contributed by atoms with van der Waals surface area (Å²) in [4.78, 5) is 47.0. The molecule has 8 N–H and O–H groups in total. The lowest BCUT2D eigenvalue weighted by atomic mass is 10.1. The molecule has 0 bridgehead atoms. The van der Waals surface area contributed by atoms with Crippen LogP contribution in [-0.2, 0) is 27.3 Å². The minimum absolute atomic E-state index is 0.0348. The van der Waals surface area contributed by atoms with Crippen LogP contribution in [0.15, 0.2) is 6.33 Å². The number of phosphoric ester groups is 1. The molecule has 3 heterocycles. The first kappa shape index (κ1) is 27.4. The number of aliphatic hydroxyl groups excluding tert-OH is 2. The van der Waals surface area contributed by atoms with E-state index in [0.717, 1.165) is 10.9 Å². The van der Waals surface area contributed by atoms with Crippen molar-refractivity contribution >= 4 is 51.6 Å². The molecule has 0 aromatic carbocycles. The molecule has 3 rings (SSSR count). The van der Waals surface area contributed by atoms with Crippen molar-refractivity contribution < 1.29 is 65.8 Å². The number of aromatic nitrogens is 4. The maximum Gasteiger partial charge on any atom is 0.479 e. The molecule has 1 aliphatic rings. The lowest BCUT2D eigenvalue weighted by Crippen LogP contribution is -2.33. The summed E-state index contributed by atoms with van der Waals surface area (Å²) in [5, 5.41) is 14.4. The molecule has 2 aromatic rings. The maximum atomic E-state index is 13.5. The van der Waals surface area contributed by atoms with Crippen molar-refractivity contribution in [3.63, 3.8) is 0 Å². The van der Waals surface area contributed by atoms with Crippen LogP contribution in [0.3, 0.4) is 0 Å². The van der Waals surface area contributed by atoms with Gasteiger partial charge in [-0.05, 0) is 11.6 Å². The van der Waals surface area contributed by atoms with Crippen molar-refractivity contribution in [1.29, 1.82) is 0 Å². The largest absolute Gasteiger partial charge is 0.479 e. The van der Waals surface area contributed by atoms with Crippen molar-refractivity contribution in [1.82, 2.24) is 19.5 Å². The Kier molecular flexibility index (Phi) is 7.30.